The van der Waals surface area contributed by atoms with Gasteiger partial charge in [0.1, 0.15) is 34.4 Å². The highest BCUT2D eigenvalue weighted by molar-refractivity contribution is 6.17. The number of piperazine rings is 1. The van der Waals surface area contributed by atoms with E-state index in [9.17, 15) is 34.8 Å². The number of aliphatic hydroxyl groups is 1. The Balaban J connectivity index is 1.25. The first kappa shape index (κ1) is 54.9. The maximum absolute atomic E-state index is 14.8. The van der Waals surface area contributed by atoms with Gasteiger partial charge in [-0.1, -0.05) is 64.9 Å². The van der Waals surface area contributed by atoms with Crippen molar-refractivity contribution in [1.82, 2.24) is 19.9 Å². The first-order valence-corrected chi connectivity index (χ1v) is 25.8. The average molecular weight is 1010 g/mol. The number of phenols is 3. The molecule has 5 aliphatic heterocycles. The summed E-state index contributed by atoms with van der Waals surface area (Å²) in [6.07, 6.45) is 5.69. The Hall–Kier alpha value is -5.82. The zero-order chi connectivity index (χ0) is 53.2. The smallest absolute Gasteiger partial charge is 0.410 e. The number of benzene rings is 2. The predicted octanol–water partition coefficient (Wildman–Crippen LogP) is 6.76. The molecule has 4 bridgehead atoms. The molecule has 2 saturated heterocycles. The number of Topliss-reactive ketones (excluding diaryl/α,β-unsaturated/α-hetero) is 1. The minimum Gasteiger partial charge on any atom is -0.507 e. The summed E-state index contributed by atoms with van der Waals surface area (Å²) in [6, 6.07) is 0. The van der Waals surface area contributed by atoms with Crippen LogP contribution in [0.1, 0.15) is 108 Å². The molecule has 8 rings (SSSR count). The molecule has 5 aliphatic rings. The van der Waals surface area contributed by atoms with Crippen molar-refractivity contribution in [3.05, 3.63) is 75.0 Å². The summed E-state index contributed by atoms with van der Waals surface area (Å²) in [4.78, 5) is 59.5. The summed E-state index contributed by atoms with van der Waals surface area (Å²) in [6.45, 7) is 25.4. The van der Waals surface area contributed by atoms with Crippen molar-refractivity contribution in [1.29, 1.82) is 0 Å². The first-order valence-electron chi connectivity index (χ1n) is 25.8. The van der Waals surface area contributed by atoms with E-state index in [2.05, 4.69) is 34.1 Å². The summed E-state index contributed by atoms with van der Waals surface area (Å²) in [5.41, 5.74) is 0.789. The van der Waals surface area contributed by atoms with E-state index in [0.717, 1.165) is 23.6 Å². The largest absolute Gasteiger partial charge is 0.507 e. The average Bonchev–Trinajstić information content (AvgIpc) is 3.89. The van der Waals surface area contributed by atoms with Gasteiger partial charge in [-0.25, -0.2) is 4.79 Å². The second kappa shape index (κ2) is 22.7. The van der Waals surface area contributed by atoms with E-state index in [-0.39, 0.29) is 50.1 Å². The lowest BCUT2D eigenvalue weighted by Crippen LogP contribution is -2.51. The number of ketones is 1. The lowest BCUT2D eigenvalue weighted by molar-refractivity contribution is -0.112. The van der Waals surface area contributed by atoms with Crippen LogP contribution >= 0.6 is 0 Å². The van der Waals surface area contributed by atoms with E-state index in [1.807, 2.05) is 47.6 Å². The number of amides is 2. The molecular weight excluding hydrogens is 935 g/mol. The number of aryl methyl sites for hydroxylation is 2. The van der Waals surface area contributed by atoms with Crippen molar-refractivity contribution in [2.24, 2.45) is 39.6 Å². The number of anilines is 1. The lowest BCUT2D eigenvalue weighted by Gasteiger charge is -2.39. The fraction of sp³-hybridized carbons (Fsp3) is 0.600. The van der Waals surface area contributed by atoms with E-state index < -0.39 is 76.9 Å². The highest BCUT2D eigenvalue weighted by Crippen LogP contribution is 2.45. The van der Waals surface area contributed by atoms with E-state index in [0.29, 0.717) is 76.6 Å². The van der Waals surface area contributed by atoms with Crippen LogP contribution in [0.4, 0.5) is 10.5 Å². The predicted molar refractivity (Wildman–Crippen MR) is 276 cm³/mol. The molecule has 4 unspecified atom stereocenters. The normalized spacial score (nSPS) is 28.5. The Kier molecular flexibility index (Phi) is 17.1. The number of rotatable bonds is 6. The fourth-order valence-corrected chi connectivity index (χ4v) is 10.9. The van der Waals surface area contributed by atoms with Gasteiger partial charge in [0, 0.05) is 106 Å². The van der Waals surface area contributed by atoms with Gasteiger partial charge in [0.25, 0.3) is 5.91 Å². The highest BCUT2D eigenvalue weighted by Gasteiger charge is 2.41. The summed E-state index contributed by atoms with van der Waals surface area (Å²) >= 11 is 0. The standard InChI is InChI=1S/C55H77N7O11/c1-29(2)27-60-19-17-55(18-20-60)57-44-41-42-48(64)34(7)49(65)43(41)51(67)46(45(44)58-55)56-53(68)31(4)15-13-14-30(3)26-32(5)47(63)35(8)52(33(6)40(70-12)16-25-71-38(11)50(42)66)72-54(69)62-23-21-61(22-24-62)28-39-36(9)59-73-37(39)10/h13-16,25,29-30,32-33,35,38,40,47,52,63-65,67H,17-24,26-28H2,1-12H3,(H,56,68)/b14-13+,25-16+,31-15-/t30?,32-,33-,35-,38?,40+,47?,52?/m1/s1. The monoisotopic (exact) mass is 1010 g/mol. The minimum absolute atomic E-state index is 0.0175. The van der Waals surface area contributed by atoms with Crippen molar-refractivity contribution in [3.63, 3.8) is 0 Å². The van der Waals surface area contributed by atoms with Crippen LogP contribution in [0.15, 0.2) is 50.6 Å². The topological polar surface area (TPSA) is 232 Å². The van der Waals surface area contributed by atoms with Crippen molar-refractivity contribution >= 4 is 34.2 Å². The second-order valence-electron chi connectivity index (χ2n) is 21.4. The Labute approximate surface area is 428 Å². The third-order valence-electron chi connectivity index (χ3n) is 15.4. The summed E-state index contributed by atoms with van der Waals surface area (Å²) in [5, 5.41) is 54.8. The number of hydrogen-bond donors (Lipinski definition) is 5. The molecule has 2 amide bonds. The maximum atomic E-state index is 14.8. The van der Waals surface area contributed by atoms with Crippen LogP contribution in [0.2, 0.25) is 0 Å². The van der Waals surface area contributed by atoms with Crippen molar-refractivity contribution in [3.8, 4) is 17.2 Å². The molecular formula is C55H77N7O11. The summed E-state index contributed by atoms with van der Waals surface area (Å²) < 4.78 is 23.9. The van der Waals surface area contributed by atoms with Gasteiger partial charge in [-0.2, -0.15) is 0 Å². The number of carbonyl (C=O) groups is 3. The van der Waals surface area contributed by atoms with Gasteiger partial charge in [0.2, 0.25) is 5.78 Å². The number of carbonyl (C=O) groups excluding carboxylic acids is 3. The molecule has 398 valence electrons. The number of fused-ring (bicyclic) bond motifs is 15. The minimum atomic E-state index is -1.24. The SMILES string of the molecule is CO[C@H]1/C=C/OC(C)C(=O)c2c(O)c(C)c(O)c3c(O)c(c4c(c23)=NC2(CCN(CC(C)C)CC2)N=4)NC(=O)/C(C)=C\C=C\C(C)C[C@@H](C)C(O)[C@@H](C)C(OC(=O)N2CCN(Cc3c(C)noc3C)CC2)[C@@H]1C. The molecule has 2 fully saturated rings. The third kappa shape index (κ3) is 11.6. The number of piperidine rings is 1. The molecule has 1 aromatic heterocycles. The van der Waals surface area contributed by atoms with E-state index in [4.69, 9.17) is 28.7 Å². The van der Waals surface area contributed by atoms with Crippen LogP contribution in [0, 0.1) is 50.4 Å². The zero-order valence-corrected chi connectivity index (χ0v) is 44.7. The number of methoxy groups -OCH3 is 1. The highest BCUT2D eigenvalue weighted by atomic mass is 16.6. The molecule has 6 heterocycles. The second-order valence-corrected chi connectivity index (χ2v) is 21.4. The number of aromatic hydroxyl groups is 3. The van der Waals surface area contributed by atoms with Gasteiger partial charge in [-0.05, 0) is 64.9 Å². The maximum Gasteiger partial charge on any atom is 0.410 e. The van der Waals surface area contributed by atoms with E-state index in [1.165, 1.54) is 27.2 Å². The van der Waals surface area contributed by atoms with E-state index >= 15 is 0 Å². The van der Waals surface area contributed by atoms with Crippen LogP contribution in [-0.2, 0) is 25.5 Å². The van der Waals surface area contributed by atoms with E-state index in [1.54, 1.807) is 30.1 Å². The summed E-state index contributed by atoms with van der Waals surface area (Å²) in [7, 11) is 1.52. The lowest BCUT2D eigenvalue weighted by atomic mass is 9.79. The number of nitrogens with one attached hydrogen (secondary N) is 1. The Bertz CT molecular complexity index is 2750. The molecule has 2 aromatic carbocycles. The Morgan fingerprint density at radius 1 is 0.877 bits per heavy atom. The van der Waals surface area contributed by atoms with Crippen LogP contribution in [0.25, 0.3) is 10.8 Å². The number of ether oxygens (including phenoxy) is 3. The molecule has 5 N–H and O–H groups in total. The van der Waals surface area contributed by atoms with Gasteiger partial charge < -0.3 is 54.3 Å². The van der Waals surface area contributed by atoms with Gasteiger partial charge >= 0.3 is 6.09 Å². The van der Waals surface area contributed by atoms with Crippen molar-refractivity contribution in [2.45, 2.75) is 132 Å². The molecule has 3 aromatic rings. The number of phenolic OH excluding ortho intramolecular Hbond substituents is 3. The number of aliphatic hydroxyl groups excluding tert-OH is 1. The number of likely N-dealkylation sites (tertiary alicyclic amines) is 1. The van der Waals surface area contributed by atoms with Gasteiger partial charge in [0.15, 0.2) is 17.5 Å². The van der Waals surface area contributed by atoms with Crippen LogP contribution < -0.4 is 16.0 Å². The first-order chi connectivity index (χ1) is 34.6. The van der Waals surface area contributed by atoms with Crippen molar-refractivity contribution in [2.75, 3.05) is 58.2 Å². The Morgan fingerprint density at radius 3 is 2.18 bits per heavy atom. The van der Waals surface area contributed by atoms with Gasteiger partial charge in [-0.15, -0.1) is 0 Å². The van der Waals surface area contributed by atoms with Gasteiger partial charge in [-0.3, -0.25) is 24.5 Å². The van der Waals surface area contributed by atoms with Crippen LogP contribution in [0.5, 0.6) is 17.2 Å². The van der Waals surface area contributed by atoms with Crippen LogP contribution in [-0.4, -0.2) is 141 Å². The molecule has 18 heteroatoms. The number of aromatic nitrogens is 1. The number of nitrogens with zero attached hydrogens (tertiary/aromatic N) is 6. The molecule has 8 atom stereocenters. The zero-order valence-electron chi connectivity index (χ0n) is 44.7. The third-order valence-corrected chi connectivity index (χ3v) is 15.4. The number of allylic oxidation sites excluding steroid dienone is 3. The summed E-state index contributed by atoms with van der Waals surface area (Å²) in [5.74, 6) is -2.96. The Morgan fingerprint density at radius 2 is 1.55 bits per heavy atom. The fourth-order valence-electron chi connectivity index (χ4n) is 10.9. The van der Waals surface area contributed by atoms with Crippen LogP contribution in [0.3, 0.4) is 0 Å². The molecule has 1 spiro atoms. The van der Waals surface area contributed by atoms with Crippen molar-refractivity contribution < 1.29 is 53.5 Å². The quantitative estimate of drug-likeness (QED) is 0.161. The molecule has 0 saturated carbocycles. The molecule has 0 aliphatic carbocycles. The number of hydrogen-bond acceptors (Lipinski definition) is 16. The molecule has 73 heavy (non-hydrogen) atoms. The van der Waals surface area contributed by atoms with Gasteiger partial charge in [0.05, 0.1) is 40.5 Å². The molecule has 18 nitrogen and oxygen atoms in total. The molecule has 0 radical (unpaired) electrons.